The molecule has 31 heavy (non-hydrogen) atoms. The Bertz CT molecular complexity index is 1070. The van der Waals surface area contributed by atoms with Gasteiger partial charge in [0, 0.05) is 36.6 Å². The second-order valence-corrected chi connectivity index (χ2v) is 7.07. The SMILES string of the molecule is CN(C)CCOc1ccc(NC(=O)Nc2ccc(F)c(O)c2)cc1-c1c(F)cnn1C. The summed E-state index contributed by atoms with van der Waals surface area (Å²) in [5, 5.41) is 18.5. The number of ether oxygens (including phenoxy) is 1. The van der Waals surface area contributed by atoms with Crippen molar-refractivity contribution in [2.75, 3.05) is 37.9 Å². The van der Waals surface area contributed by atoms with Gasteiger partial charge in [-0.15, -0.1) is 0 Å². The molecule has 0 bridgehead atoms. The molecule has 3 aromatic rings. The number of nitrogens with zero attached hydrogens (tertiary/aromatic N) is 3. The van der Waals surface area contributed by atoms with Gasteiger partial charge in [0.15, 0.2) is 17.4 Å². The number of aryl methyl sites for hydroxylation is 1. The molecule has 0 aliphatic rings. The van der Waals surface area contributed by atoms with Crippen molar-refractivity contribution in [3.63, 3.8) is 0 Å². The first-order chi connectivity index (χ1) is 14.7. The molecule has 0 atom stereocenters. The average Bonchev–Trinajstić information content (AvgIpc) is 3.03. The van der Waals surface area contributed by atoms with E-state index >= 15 is 0 Å². The summed E-state index contributed by atoms with van der Waals surface area (Å²) in [4.78, 5) is 14.3. The standard InChI is InChI=1S/C21H23F2N5O3/c1-27(2)8-9-31-19-7-5-13(10-15(19)20-17(23)12-24-28(20)3)25-21(30)26-14-4-6-16(22)18(29)11-14/h4-7,10-12,29H,8-9H2,1-3H3,(H2,25,26,30). The van der Waals surface area contributed by atoms with Crippen LogP contribution < -0.4 is 15.4 Å². The monoisotopic (exact) mass is 431 g/mol. The smallest absolute Gasteiger partial charge is 0.323 e. The molecule has 3 N–H and O–H groups in total. The number of phenolic OH excluding ortho intramolecular Hbond substituents is 1. The van der Waals surface area contributed by atoms with Crippen LogP contribution in [0.4, 0.5) is 25.0 Å². The van der Waals surface area contributed by atoms with Crippen molar-refractivity contribution < 1.29 is 23.4 Å². The first kappa shape index (κ1) is 22.0. The number of likely N-dealkylation sites (N-methyl/N-ethyl adjacent to an activating group) is 1. The van der Waals surface area contributed by atoms with E-state index in [9.17, 15) is 18.7 Å². The lowest BCUT2D eigenvalue weighted by molar-refractivity contribution is 0.261. The maximum Gasteiger partial charge on any atom is 0.323 e. The summed E-state index contributed by atoms with van der Waals surface area (Å²) in [5.74, 6) is -1.45. The van der Waals surface area contributed by atoms with Crippen LogP contribution in [0.1, 0.15) is 0 Å². The molecular formula is C21H23F2N5O3. The molecule has 164 valence electrons. The van der Waals surface area contributed by atoms with E-state index in [4.69, 9.17) is 4.74 Å². The predicted molar refractivity (Wildman–Crippen MR) is 113 cm³/mol. The average molecular weight is 431 g/mol. The molecule has 0 spiro atoms. The Hall–Kier alpha value is -3.66. The summed E-state index contributed by atoms with van der Waals surface area (Å²) in [6, 6.07) is 7.64. The molecule has 8 nitrogen and oxygen atoms in total. The Kier molecular flexibility index (Phi) is 6.71. The highest BCUT2D eigenvalue weighted by Crippen LogP contribution is 2.34. The van der Waals surface area contributed by atoms with E-state index in [0.717, 1.165) is 18.3 Å². The fourth-order valence-electron chi connectivity index (χ4n) is 2.85. The van der Waals surface area contributed by atoms with Gasteiger partial charge >= 0.3 is 6.03 Å². The minimum absolute atomic E-state index is 0.206. The Balaban J connectivity index is 1.83. The number of halogens is 2. The number of nitrogens with one attached hydrogen (secondary N) is 2. The number of benzene rings is 2. The number of carbonyl (C=O) groups is 1. The lowest BCUT2D eigenvalue weighted by Gasteiger charge is -2.16. The first-order valence-electron chi connectivity index (χ1n) is 9.40. The van der Waals surface area contributed by atoms with Crippen molar-refractivity contribution in [2.45, 2.75) is 0 Å². The number of rotatable bonds is 7. The van der Waals surface area contributed by atoms with E-state index in [0.29, 0.717) is 30.2 Å². The number of hydrogen-bond donors (Lipinski definition) is 3. The number of phenols is 1. The molecule has 0 aliphatic heterocycles. The van der Waals surface area contributed by atoms with Crippen LogP contribution in [0.5, 0.6) is 11.5 Å². The Morgan fingerprint density at radius 2 is 1.81 bits per heavy atom. The summed E-state index contributed by atoms with van der Waals surface area (Å²) in [7, 11) is 5.44. The maximum atomic E-state index is 14.4. The van der Waals surface area contributed by atoms with Crippen LogP contribution in [0.3, 0.4) is 0 Å². The van der Waals surface area contributed by atoms with E-state index in [-0.39, 0.29) is 11.4 Å². The lowest BCUT2D eigenvalue weighted by atomic mass is 10.1. The lowest BCUT2D eigenvalue weighted by Crippen LogP contribution is -2.20. The van der Waals surface area contributed by atoms with Crippen LogP contribution in [0, 0.1) is 11.6 Å². The Morgan fingerprint density at radius 3 is 2.42 bits per heavy atom. The van der Waals surface area contributed by atoms with Crippen LogP contribution in [0.15, 0.2) is 42.6 Å². The molecular weight excluding hydrogens is 408 g/mol. The first-order valence-corrected chi connectivity index (χ1v) is 9.40. The number of amides is 2. The number of aromatic hydroxyl groups is 1. The maximum absolute atomic E-state index is 14.4. The summed E-state index contributed by atoms with van der Waals surface area (Å²) in [5.41, 5.74) is 1.22. The zero-order valence-electron chi connectivity index (χ0n) is 17.3. The molecule has 1 heterocycles. The summed E-state index contributed by atoms with van der Waals surface area (Å²) < 4.78 is 34.7. The van der Waals surface area contributed by atoms with E-state index in [2.05, 4.69) is 15.7 Å². The predicted octanol–water partition coefficient (Wildman–Crippen LogP) is 3.66. The van der Waals surface area contributed by atoms with Crippen LogP contribution >= 0.6 is 0 Å². The molecule has 1 aromatic heterocycles. The summed E-state index contributed by atoms with van der Waals surface area (Å²) >= 11 is 0. The van der Waals surface area contributed by atoms with Gasteiger partial charge in [-0.05, 0) is 44.4 Å². The largest absolute Gasteiger partial charge is 0.505 e. The van der Waals surface area contributed by atoms with Gasteiger partial charge < -0.3 is 25.4 Å². The minimum atomic E-state index is -0.793. The number of hydrogen-bond acceptors (Lipinski definition) is 5. The van der Waals surface area contributed by atoms with Crippen molar-refractivity contribution in [3.8, 4) is 22.8 Å². The van der Waals surface area contributed by atoms with Gasteiger partial charge in [-0.2, -0.15) is 5.10 Å². The molecule has 2 aromatic carbocycles. The molecule has 3 rings (SSSR count). The Labute approximate surface area is 178 Å². The highest BCUT2D eigenvalue weighted by Gasteiger charge is 2.17. The van der Waals surface area contributed by atoms with Gasteiger partial charge in [-0.25, -0.2) is 13.6 Å². The normalized spacial score (nSPS) is 10.9. The fourth-order valence-corrected chi connectivity index (χ4v) is 2.85. The van der Waals surface area contributed by atoms with E-state index in [1.54, 1.807) is 25.2 Å². The third-order valence-corrected chi connectivity index (χ3v) is 4.39. The zero-order valence-corrected chi connectivity index (χ0v) is 17.3. The van der Waals surface area contributed by atoms with E-state index < -0.39 is 23.4 Å². The Morgan fingerprint density at radius 1 is 1.13 bits per heavy atom. The summed E-state index contributed by atoms with van der Waals surface area (Å²) in [6.07, 6.45) is 1.10. The number of urea groups is 1. The third-order valence-electron chi connectivity index (χ3n) is 4.39. The van der Waals surface area contributed by atoms with E-state index in [1.807, 2.05) is 19.0 Å². The zero-order chi connectivity index (χ0) is 22.5. The van der Waals surface area contributed by atoms with Crippen molar-refractivity contribution in [1.29, 1.82) is 0 Å². The topological polar surface area (TPSA) is 91.7 Å². The number of anilines is 2. The van der Waals surface area contributed by atoms with Gasteiger partial charge in [-0.1, -0.05) is 0 Å². The fraction of sp³-hybridized carbons (Fsp3) is 0.238. The van der Waals surface area contributed by atoms with Gasteiger partial charge in [0.25, 0.3) is 0 Å². The molecule has 0 saturated heterocycles. The van der Waals surface area contributed by atoms with Crippen LogP contribution in [0.25, 0.3) is 11.3 Å². The third kappa shape index (κ3) is 5.48. The quantitative estimate of drug-likeness (QED) is 0.531. The molecule has 0 fully saturated rings. The molecule has 2 amide bonds. The number of carbonyl (C=O) groups excluding carboxylic acids is 1. The highest BCUT2D eigenvalue weighted by molar-refractivity contribution is 6.00. The van der Waals surface area contributed by atoms with Crippen LogP contribution in [-0.2, 0) is 7.05 Å². The second kappa shape index (κ2) is 9.43. The van der Waals surface area contributed by atoms with Crippen molar-refractivity contribution in [1.82, 2.24) is 14.7 Å². The minimum Gasteiger partial charge on any atom is -0.505 e. The van der Waals surface area contributed by atoms with Crippen LogP contribution in [-0.4, -0.2) is 53.1 Å². The van der Waals surface area contributed by atoms with Gasteiger partial charge in [0.1, 0.15) is 18.1 Å². The molecule has 0 saturated carbocycles. The van der Waals surface area contributed by atoms with E-state index in [1.165, 1.54) is 10.7 Å². The summed E-state index contributed by atoms with van der Waals surface area (Å²) in [6.45, 7) is 1.06. The second-order valence-electron chi connectivity index (χ2n) is 7.07. The molecule has 0 unspecified atom stereocenters. The molecule has 0 radical (unpaired) electrons. The van der Waals surface area contributed by atoms with Crippen LogP contribution in [0.2, 0.25) is 0 Å². The van der Waals surface area contributed by atoms with Crippen molar-refractivity contribution >= 4 is 17.4 Å². The molecule has 10 heteroatoms. The highest BCUT2D eigenvalue weighted by atomic mass is 19.1. The van der Waals surface area contributed by atoms with Gasteiger partial charge in [0.05, 0.1) is 6.20 Å². The van der Waals surface area contributed by atoms with Gasteiger partial charge in [-0.3, -0.25) is 4.68 Å². The van der Waals surface area contributed by atoms with Crippen molar-refractivity contribution in [2.24, 2.45) is 7.05 Å². The molecule has 0 aliphatic carbocycles. The van der Waals surface area contributed by atoms with Gasteiger partial charge in [0.2, 0.25) is 0 Å². The van der Waals surface area contributed by atoms with Crippen molar-refractivity contribution in [3.05, 3.63) is 54.2 Å². The number of aromatic nitrogens is 2.